The molecular weight excluding hydrogens is 170 g/mol. The van der Waals surface area contributed by atoms with Crippen LogP contribution < -0.4 is 5.32 Å². The lowest BCUT2D eigenvalue weighted by molar-refractivity contribution is -0.122. The van der Waals surface area contributed by atoms with Crippen molar-refractivity contribution < 1.29 is 4.79 Å². The molecule has 2 rings (SSSR count). The topological polar surface area (TPSA) is 83.0 Å². The highest BCUT2D eigenvalue weighted by Crippen LogP contribution is 2.15. The molecule has 0 radical (unpaired) electrons. The van der Waals surface area contributed by atoms with Gasteiger partial charge >= 0.3 is 0 Å². The number of H-pyrrole nitrogens is 1. The summed E-state index contributed by atoms with van der Waals surface area (Å²) in [7, 11) is 0. The predicted molar refractivity (Wildman–Crippen MR) is 45.1 cm³/mol. The van der Waals surface area contributed by atoms with Crippen molar-refractivity contribution in [1.29, 1.82) is 0 Å². The second-order valence-electron chi connectivity index (χ2n) is 3.31. The number of nitrogens with zero attached hydrogens (tertiary/aromatic N) is 3. The van der Waals surface area contributed by atoms with Crippen LogP contribution in [0.5, 0.6) is 0 Å². The molecule has 1 aliphatic rings. The monoisotopic (exact) mass is 179 g/mol. The van der Waals surface area contributed by atoms with Gasteiger partial charge in [0.05, 0.1) is 0 Å². The van der Waals surface area contributed by atoms with Crippen molar-refractivity contribution >= 4 is 11.7 Å². The quantitative estimate of drug-likeness (QED) is 0.607. The lowest BCUT2D eigenvalue weighted by Gasteiger charge is -2.07. The molecule has 2 heterocycles. The van der Waals surface area contributed by atoms with Gasteiger partial charge in [-0.15, -0.1) is 0 Å². The molecule has 13 heavy (non-hydrogen) atoms. The Balaban J connectivity index is 2.35. The Hall–Kier alpha value is -1.72. The molecule has 0 saturated carbocycles. The van der Waals surface area contributed by atoms with E-state index in [9.17, 15) is 4.79 Å². The van der Waals surface area contributed by atoms with Crippen molar-refractivity contribution in [3.05, 3.63) is 12.2 Å². The van der Waals surface area contributed by atoms with Crippen molar-refractivity contribution in [3.63, 3.8) is 0 Å². The summed E-state index contributed by atoms with van der Waals surface area (Å²) in [6.07, 6.45) is 1.37. The Morgan fingerprint density at radius 3 is 2.69 bits per heavy atom. The molecule has 1 aliphatic heterocycles. The van der Waals surface area contributed by atoms with E-state index in [2.05, 4.69) is 25.5 Å². The van der Waals surface area contributed by atoms with E-state index in [1.54, 1.807) is 13.8 Å². The second kappa shape index (κ2) is 2.38. The van der Waals surface area contributed by atoms with Crippen molar-refractivity contribution in [2.75, 3.05) is 0 Å². The molecule has 1 aromatic rings. The molecule has 1 aromatic heterocycles. The lowest BCUT2D eigenvalue weighted by Crippen LogP contribution is -2.34. The summed E-state index contributed by atoms with van der Waals surface area (Å²) >= 11 is 0. The maximum Gasteiger partial charge on any atom is 0.253 e. The summed E-state index contributed by atoms with van der Waals surface area (Å²) in [5.74, 6) is 0.810. The molecule has 0 bridgehead atoms. The molecule has 0 aliphatic carbocycles. The first-order chi connectivity index (χ1) is 6.09. The van der Waals surface area contributed by atoms with Gasteiger partial charge in [-0.3, -0.25) is 9.89 Å². The minimum Gasteiger partial charge on any atom is -0.306 e. The number of aliphatic imine (C=N–C) groups is 1. The van der Waals surface area contributed by atoms with E-state index in [1.807, 2.05) is 0 Å². The van der Waals surface area contributed by atoms with Gasteiger partial charge in [-0.05, 0) is 13.8 Å². The van der Waals surface area contributed by atoms with Gasteiger partial charge < -0.3 is 5.32 Å². The molecule has 2 N–H and O–H groups in total. The Bertz CT molecular complexity index is 364. The van der Waals surface area contributed by atoms with E-state index in [0.717, 1.165) is 0 Å². The van der Waals surface area contributed by atoms with E-state index < -0.39 is 5.54 Å². The lowest BCUT2D eigenvalue weighted by atomic mass is 10.1. The van der Waals surface area contributed by atoms with Gasteiger partial charge in [-0.2, -0.15) is 5.10 Å². The first-order valence-corrected chi connectivity index (χ1v) is 3.86. The second-order valence-corrected chi connectivity index (χ2v) is 3.31. The van der Waals surface area contributed by atoms with Crippen molar-refractivity contribution in [2.24, 2.45) is 4.99 Å². The maximum absolute atomic E-state index is 11.3. The Morgan fingerprint density at radius 1 is 1.46 bits per heavy atom. The molecule has 0 fully saturated rings. The highest BCUT2D eigenvalue weighted by atomic mass is 16.2. The van der Waals surface area contributed by atoms with Gasteiger partial charge in [-0.1, -0.05) is 0 Å². The van der Waals surface area contributed by atoms with Crippen LogP contribution in [0, 0.1) is 0 Å². The maximum atomic E-state index is 11.3. The van der Waals surface area contributed by atoms with Crippen molar-refractivity contribution in [3.8, 4) is 0 Å². The molecule has 0 saturated heterocycles. The van der Waals surface area contributed by atoms with Crippen LogP contribution in [0.4, 0.5) is 0 Å². The number of rotatable bonds is 1. The van der Waals surface area contributed by atoms with E-state index in [1.165, 1.54) is 6.33 Å². The molecule has 0 atom stereocenters. The van der Waals surface area contributed by atoms with Crippen LogP contribution >= 0.6 is 0 Å². The Kier molecular flexibility index (Phi) is 1.45. The number of nitrogens with one attached hydrogen (secondary N) is 2. The largest absolute Gasteiger partial charge is 0.306 e. The highest BCUT2D eigenvalue weighted by Gasteiger charge is 2.35. The van der Waals surface area contributed by atoms with E-state index in [0.29, 0.717) is 11.7 Å². The van der Waals surface area contributed by atoms with Crippen LogP contribution in [0.1, 0.15) is 19.7 Å². The van der Waals surface area contributed by atoms with Crippen LogP contribution in [0.15, 0.2) is 11.3 Å². The van der Waals surface area contributed by atoms with Crippen molar-refractivity contribution in [2.45, 2.75) is 19.4 Å². The summed E-state index contributed by atoms with van der Waals surface area (Å²) in [4.78, 5) is 19.4. The number of aromatic amines is 1. The van der Waals surface area contributed by atoms with Crippen LogP contribution in [-0.4, -0.2) is 32.5 Å². The summed E-state index contributed by atoms with van der Waals surface area (Å²) in [6.45, 7) is 3.48. The Morgan fingerprint density at radius 2 is 2.23 bits per heavy atom. The molecule has 68 valence electrons. The number of carbonyl (C=O) groups is 1. The van der Waals surface area contributed by atoms with Gasteiger partial charge in [0.25, 0.3) is 5.91 Å². The van der Waals surface area contributed by atoms with Gasteiger partial charge in [0, 0.05) is 0 Å². The van der Waals surface area contributed by atoms with Crippen molar-refractivity contribution in [1.82, 2.24) is 20.5 Å². The molecule has 6 heteroatoms. The standard InChI is InChI=1S/C7H9N5O/c1-7(2)6(13)10-5(11-7)4-8-3-9-12-4/h3H,1-2H3,(H,8,9,12)(H,10,11,13). The third-order valence-electron chi connectivity index (χ3n) is 1.82. The van der Waals surface area contributed by atoms with E-state index in [4.69, 9.17) is 0 Å². The van der Waals surface area contributed by atoms with Gasteiger partial charge in [-0.25, -0.2) is 9.98 Å². The molecule has 0 aromatic carbocycles. The predicted octanol–water partition coefficient (Wildman–Crippen LogP) is -0.540. The van der Waals surface area contributed by atoms with Gasteiger partial charge in [0.15, 0.2) is 11.7 Å². The molecule has 0 unspecified atom stereocenters. The third-order valence-corrected chi connectivity index (χ3v) is 1.82. The normalized spacial score (nSPS) is 19.8. The summed E-state index contributed by atoms with van der Waals surface area (Å²) < 4.78 is 0. The minimum atomic E-state index is -0.706. The highest BCUT2D eigenvalue weighted by molar-refractivity contribution is 6.13. The van der Waals surface area contributed by atoms with Crippen LogP contribution in [0.2, 0.25) is 0 Å². The number of amides is 1. The summed E-state index contributed by atoms with van der Waals surface area (Å²) in [6, 6.07) is 0. The van der Waals surface area contributed by atoms with E-state index >= 15 is 0 Å². The third kappa shape index (κ3) is 1.20. The number of hydrogen-bond donors (Lipinski definition) is 2. The van der Waals surface area contributed by atoms with Gasteiger partial charge in [0.2, 0.25) is 0 Å². The van der Waals surface area contributed by atoms with Crippen LogP contribution in [0.25, 0.3) is 0 Å². The number of hydrogen-bond acceptors (Lipinski definition) is 4. The zero-order valence-corrected chi connectivity index (χ0v) is 7.33. The fourth-order valence-electron chi connectivity index (χ4n) is 1.05. The fraction of sp³-hybridized carbons (Fsp3) is 0.429. The number of amidine groups is 1. The molecule has 1 amide bonds. The average molecular weight is 179 g/mol. The SMILES string of the molecule is CC1(C)N=C(c2ncn[nH]2)NC1=O. The fourth-order valence-corrected chi connectivity index (χ4v) is 1.05. The smallest absolute Gasteiger partial charge is 0.253 e. The number of aromatic nitrogens is 3. The first-order valence-electron chi connectivity index (χ1n) is 3.86. The van der Waals surface area contributed by atoms with Gasteiger partial charge in [0.1, 0.15) is 11.9 Å². The first kappa shape index (κ1) is 7.90. The zero-order chi connectivity index (χ0) is 9.47. The number of carbonyl (C=O) groups excluding carboxylic acids is 1. The Labute approximate surface area is 74.5 Å². The summed E-state index contributed by atoms with van der Waals surface area (Å²) in [5, 5.41) is 8.93. The van der Waals surface area contributed by atoms with Crippen LogP contribution in [0.3, 0.4) is 0 Å². The van der Waals surface area contributed by atoms with E-state index in [-0.39, 0.29) is 5.91 Å². The minimum absolute atomic E-state index is 0.126. The average Bonchev–Trinajstić information content (AvgIpc) is 2.60. The molecule has 0 spiro atoms. The summed E-state index contributed by atoms with van der Waals surface area (Å²) in [5.41, 5.74) is -0.706. The van der Waals surface area contributed by atoms with Crippen LogP contribution in [-0.2, 0) is 4.79 Å². The molecular formula is C7H9N5O. The molecule has 6 nitrogen and oxygen atoms in total. The zero-order valence-electron chi connectivity index (χ0n) is 7.33.